The van der Waals surface area contributed by atoms with Crippen LogP contribution in [0.15, 0.2) is 65.6 Å². The summed E-state index contributed by atoms with van der Waals surface area (Å²) in [5.41, 5.74) is 0.935. The molecule has 0 N–H and O–H groups in total. The molecule has 0 amide bonds. The largest absolute Gasteiger partial charge is 0.348 e. The molecule has 22 heavy (non-hydrogen) atoms. The molecule has 1 saturated heterocycles. The van der Waals surface area contributed by atoms with Crippen molar-refractivity contribution >= 4 is 17.9 Å². The van der Waals surface area contributed by atoms with Crippen LogP contribution in [0.25, 0.3) is 0 Å². The number of sulfone groups is 1. The van der Waals surface area contributed by atoms with Crippen molar-refractivity contribution in [2.24, 2.45) is 0 Å². The van der Waals surface area contributed by atoms with Crippen LogP contribution in [0.1, 0.15) is 11.7 Å². The Kier molecular flexibility index (Phi) is 3.55. The van der Waals surface area contributed by atoms with Gasteiger partial charge in [-0.25, -0.2) is 8.42 Å². The van der Waals surface area contributed by atoms with Crippen LogP contribution in [0, 0.1) is 0 Å². The summed E-state index contributed by atoms with van der Waals surface area (Å²) in [4.78, 5) is 0.343. The Hall–Kier alpha value is -1.43. The van der Waals surface area contributed by atoms with Gasteiger partial charge in [0, 0.05) is 0 Å². The van der Waals surface area contributed by atoms with Gasteiger partial charge in [0.25, 0.3) is 0 Å². The summed E-state index contributed by atoms with van der Waals surface area (Å²) in [6, 6.07) is 18.3. The van der Waals surface area contributed by atoms with Gasteiger partial charge in [-0.3, -0.25) is 0 Å². The first-order valence-corrected chi connectivity index (χ1v) is 12.3. The topological polar surface area (TPSA) is 46.7 Å². The number of epoxide rings is 1. The Balaban J connectivity index is 2.12. The van der Waals surface area contributed by atoms with E-state index in [9.17, 15) is 8.42 Å². The van der Waals surface area contributed by atoms with E-state index in [2.05, 4.69) is 19.6 Å². The van der Waals surface area contributed by atoms with Crippen LogP contribution in [0.2, 0.25) is 19.6 Å². The highest BCUT2D eigenvalue weighted by molar-refractivity contribution is 7.95. The van der Waals surface area contributed by atoms with E-state index >= 15 is 0 Å². The first kappa shape index (κ1) is 15.5. The molecule has 1 fully saturated rings. The number of rotatable bonds is 4. The summed E-state index contributed by atoms with van der Waals surface area (Å²) in [6.07, 6.45) is -0.370. The second-order valence-corrected chi connectivity index (χ2v) is 14.3. The minimum absolute atomic E-state index is 0.343. The molecule has 0 aliphatic carbocycles. The SMILES string of the molecule is C[Si](C)(C)[C@]1(S(=O)(=O)c2ccccc2)O[C@@H]1c1ccccc1. The molecule has 5 heteroatoms. The standard InChI is InChI=1S/C17H20O3SSi/c1-22(2,3)17(16(20-17)14-10-6-4-7-11-14)21(18,19)15-12-8-5-9-13-15/h4-13,16H,1-3H3/t16-,17+/m1/s1. The van der Waals surface area contributed by atoms with Crippen LogP contribution < -0.4 is 0 Å². The first-order chi connectivity index (χ1) is 10.3. The lowest BCUT2D eigenvalue weighted by Crippen LogP contribution is -2.48. The molecule has 0 radical (unpaired) electrons. The molecule has 2 aromatic rings. The van der Waals surface area contributed by atoms with Crippen molar-refractivity contribution < 1.29 is 13.2 Å². The Morgan fingerprint density at radius 2 is 1.41 bits per heavy atom. The highest BCUT2D eigenvalue weighted by Gasteiger charge is 2.73. The van der Waals surface area contributed by atoms with E-state index in [0.29, 0.717) is 4.90 Å². The summed E-state index contributed by atoms with van der Waals surface area (Å²) in [5, 5.41) is 0. The van der Waals surface area contributed by atoms with Crippen LogP contribution in [-0.2, 0) is 14.6 Å². The fourth-order valence-electron chi connectivity index (χ4n) is 3.01. The van der Waals surface area contributed by atoms with Gasteiger partial charge in [-0.1, -0.05) is 68.2 Å². The molecule has 3 nitrogen and oxygen atoms in total. The van der Waals surface area contributed by atoms with Gasteiger partial charge in [-0.15, -0.1) is 0 Å². The van der Waals surface area contributed by atoms with Crippen molar-refractivity contribution in [3.05, 3.63) is 66.2 Å². The third-order valence-electron chi connectivity index (χ3n) is 4.18. The normalized spacial score (nSPS) is 25.0. The van der Waals surface area contributed by atoms with E-state index < -0.39 is 22.5 Å². The number of hydrogen-bond donors (Lipinski definition) is 0. The third kappa shape index (κ3) is 2.15. The molecule has 1 aliphatic heterocycles. The Morgan fingerprint density at radius 3 is 1.91 bits per heavy atom. The zero-order valence-electron chi connectivity index (χ0n) is 13.0. The molecule has 0 unspecified atom stereocenters. The predicted molar refractivity (Wildman–Crippen MR) is 90.0 cm³/mol. The van der Waals surface area contributed by atoms with E-state index in [-0.39, 0.29) is 6.10 Å². The highest BCUT2D eigenvalue weighted by atomic mass is 32.2. The maximum absolute atomic E-state index is 13.3. The average molecular weight is 332 g/mol. The summed E-state index contributed by atoms with van der Waals surface area (Å²) >= 11 is 0. The molecule has 0 aromatic heterocycles. The smallest absolute Gasteiger partial charge is 0.207 e. The molecular weight excluding hydrogens is 312 g/mol. The van der Waals surface area contributed by atoms with Crippen molar-refractivity contribution in [1.29, 1.82) is 0 Å². The number of benzene rings is 2. The van der Waals surface area contributed by atoms with Gasteiger partial charge >= 0.3 is 0 Å². The number of hydrogen-bond acceptors (Lipinski definition) is 3. The summed E-state index contributed by atoms with van der Waals surface area (Å²) in [7, 11) is -5.69. The quantitative estimate of drug-likeness (QED) is 0.632. The lowest BCUT2D eigenvalue weighted by Gasteiger charge is -2.26. The highest BCUT2D eigenvalue weighted by Crippen LogP contribution is 2.60. The summed E-state index contributed by atoms with van der Waals surface area (Å²) < 4.78 is 31.4. The molecule has 116 valence electrons. The second-order valence-electron chi connectivity index (χ2n) is 6.64. The van der Waals surface area contributed by atoms with Crippen LogP contribution in [-0.4, -0.2) is 21.0 Å². The molecule has 1 aliphatic rings. The molecule has 3 rings (SSSR count). The van der Waals surface area contributed by atoms with Gasteiger partial charge in [-0.05, 0) is 17.7 Å². The molecular formula is C17H20O3SSi. The molecule has 0 spiro atoms. The monoisotopic (exact) mass is 332 g/mol. The molecule has 2 aromatic carbocycles. The van der Waals surface area contributed by atoms with Gasteiger partial charge in [0.15, 0.2) is 4.56 Å². The van der Waals surface area contributed by atoms with Gasteiger partial charge in [0.05, 0.1) is 4.90 Å². The predicted octanol–water partition coefficient (Wildman–Crippen LogP) is 3.81. The second kappa shape index (κ2) is 5.04. The maximum atomic E-state index is 13.3. The summed E-state index contributed by atoms with van der Waals surface area (Å²) in [6.45, 7) is 6.16. The third-order valence-corrected chi connectivity index (χ3v) is 11.3. The first-order valence-electron chi connectivity index (χ1n) is 7.33. The van der Waals surface area contributed by atoms with Crippen molar-refractivity contribution in [3.63, 3.8) is 0 Å². The minimum atomic E-state index is -3.54. The molecule has 1 heterocycles. The van der Waals surface area contributed by atoms with Crippen molar-refractivity contribution in [1.82, 2.24) is 0 Å². The van der Waals surface area contributed by atoms with E-state index in [4.69, 9.17) is 4.74 Å². The lowest BCUT2D eigenvalue weighted by atomic mass is 10.2. The maximum Gasteiger partial charge on any atom is 0.207 e. The van der Waals surface area contributed by atoms with Gasteiger partial charge in [0.1, 0.15) is 14.2 Å². The van der Waals surface area contributed by atoms with Crippen LogP contribution >= 0.6 is 0 Å². The minimum Gasteiger partial charge on any atom is -0.348 e. The van der Waals surface area contributed by atoms with E-state index in [0.717, 1.165) is 5.56 Å². The fraction of sp³-hybridized carbons (Fsp3) is 0.294. The van der Waals surface area contributed by atoms with Crippen molar-refractivity contribution in [3.8, 4) is 0 Å². The lowest BCUT2D eigenvalue weighted by molar-refractivity contribution is 0.380. The average Bonchev–Trinajstić information content (AvgIpc) is 3.26. The molecule has 0 bridgehead atoms. The van der Waals surface area contributed by atoms with E-state index in [1.54, 1.807) is 24.3 Å². The molecule has 2 atom stereocenters. The number of ether oxygens (including phenoxy) is 1. The zero-order chi connectivity index (χ0) is 16.0. The summed E-state index contributed by atoms with van der Waals surface area (Å²) in [5.74, 6) is 0. The van der Waals surface area contributed by atoms with Gasteiger partial charge in [-0.2, -0.15) is 0 Å². The van der Waals surface area contributed by atoms with Gasteiger partial charge in [0.2, 0.25) is 9.84 Å². The fourth-order valence-corrected chi connectivity index (χ4v) is 9.52. The Morgan fingerprint density at radius 1 is 0.909 bits per heavy atom. The van der Waals surface area contributed by atoms with Crippen molar-refractivity contribution in [2.75, 3.05) is 0 Å². The molecule has 0 saturated carbocycles. The van der Waals surface area contributed by atoms with Crippen LogP contribution in [0.5, 0.6) is 0 Å². The van der Waals surface area contributed by atoms with E-state index in [1.165, 1.54) is 0 Å². The van der Waals surface area contributed by atoms with Crippen LogP contribution in [0.4, 0.5) is 0 Å². The van der Waals surface area contributed by atoms with Crippen molar-refractivity contribution in [2.45, 2.75) is 35.2 Å². The Bertz CT molecular complexity index is 767. The van der Waals surface area contributed by atoms with Crippen LogP contribution in [0.3, 0.4) is 0 Å². The Labute approximate surface area is 132 Å². The van der Waals surface area contributed by atoms with E-state index in [1.807, 2.05) is 36.4 Å². The van der Waals surface area contributed by atoms with Gasteiger partial charge < -0.3 is 4.74 Å². The zero-order valence-corrected chi connectivity index (χ0v) is 14.8.